The van der Waals surface area contributed by atoms with E-state index in [-0.39, 0.29) is 0 Å². The average Bonchev–Trinajstić information content (AvgIpc) is 2.30. The van der Waals surface area contributed by atoms with Gasteiger partial charge in [-0.2, -0.15) is 10.2 Å². The van der Waals surface area contributed by atoms with Crippen LogP contribution in [-0.4, -0.2) is 17.3 Å². The summed E-state index contributed by atoms with van der Waals surface area (Å²) in [6, 6.07) is 9.91. The van der Waals surface area contributed by atoms with Gasteiger partial charge in [0, 0.05) is 5.56 Å². The third-order valence-electron chi connectivity index (χ3n) is 2.49. The molecule has 0 aliphatic heterocycles. The predicted octanol–water partition coefficient (Wildman–Crippen LogP) is 2.77. The van der Waals surface area contributed by atoms with Gasteiger partial charge < -0.3 is 4.74 Å². The molecule has 16 heavy (non-hydrogen) atoms. The van der Waals surface area contributed by atoms with Crippen LogP contribution in [-0.2, 0) is 0 Å². The van der Waals surface area contributed by atoms with Crippen molar-refractivity contribution in [1.29, 1.82) is 0 Å². The van der Waals surface area contributed by atoms with Crippen molar-refractivity contribution in [2.24, 2.45) is 0 Å². The van der Waals surface area contributed by atoms with E-state index >= 15 is 0 Å². The molecular formula is C13H14N2O. The first kappa shape index (κ1) is 10.6. The molecule has 1 heterocycles. The molecule has 3 heteroatoms. The molecule has 0 N–H and O–H groups in total. The van der Waals surface area contributed by atoms with Crippen molar-refractivity contribution in [3.63, 3.8) is 0 Å². The summed E-state index contributed by atoms with van der Waals surface area (Å²) in [6.07, 6.45) is 0. The lowest BCUT2D eigenvalue weighted by Gasteiger charge is -2.10. The topological polar surface area (TPSA) is 35.0 Å². The Balaban J connectivity index is 2.55. The third-order valence-corrected chi connectivity index (χ3v) is 2.49. The molecule has 1 aromatic heterocycles. The highest BCUT2D eigenvalue weighted by molar-refractivity contribution is 5.68. The molecule has 0 atom stereocenters. The van der Waals surface area contributed by atoms with Crippen LogP contribution in [0.3, 0.4) is 0 Å². The van der Waals surface area contributed by atoms with Crippen LogP contribution in [0.1, 0.15) is 11.3 Å². The van der Waals surface area contributed by atoms with Gasteiger partial charge in [0.25, 0.3) is 0 Å². The van der Waals surface area contributed by atoms with E-state index in [1.807, 2.05) is 44.2 Å². The molecule has 3 nitrogen and oxygen atoms in total. The summed E-state index contributed by atoms with van der Waals surface area (Å²) in [5.41, 5.74) is 3.83. The van der Waals surface area contributed by atoms with E-state index in [4.69, 9.17) is 4.74 Å². The maximum Gasteiger partial charge on any atom is 0.131 e. The fourth-order valence-corrected chi connectivity index (χ4v) is 1.67. The Hall–Kier alpha value is -1.90. The summed E-state index contributed by atoms with van der Waals surface area (Å²) in [5.74, 6) is 0.862. The van der Waals surface area contributed by atoms with Gasteiger partial charge in [-0.1, -0.05) is 12.1 Å². The van der Waals surface area contributed by atoms with E-state index in [0.717, 1.165) is 28.3 Å². The summed E-state index contributed by atoms with van der Waals surface area (Å²) < 4.78 is 5.39. The van der Waals surface area contributed by atoms with Crippen LogP contribution < -0.4 is 4.74 Å². The minimum Gasteiger partial charge on any atom is -0.496 e. The number of rotatable bonds is 2. The van der Waals surface area contributed by atoms with E-state index in [0.29, 0.717) is 0 Å². The molecule has 0 aliphatic rings. The van der Waals surface area contributed by atoms with Crippen LogP contribution in [0.5, 0.6) is 5.75 Å². The van der Waals surface area contributed by atoms with E-state index < -0.39 is 0 Å². The molecule has 0 saturated carbocycles. The van der Waals surface area contributed by atoms with Gasteiger partial charge in [-0.3, -0.25) is 0 Å². The standard InChI is InChI=1S/C13H14N2O/c1-9-5-4-6-11(13(9)16-3)12-8-7-10(2)14-15-12/h4-8H,1-3H3. The molecule has 0 spiro atoms. The van der Waals surface area contributed by atoms with E-state index in [1.165, 1.54) is 0 Å². The zero-order chi connectivity index (χ0) is 11.5. The van der Waals surface area contributed by atoms with Crippen molar-refractivity contribution >= 4 is 0 Å². The monoisotopic (exact) mass is 214 g/mol. The largest absolute Gasteiger partial charge is 0.496 e. The highest BCUT2D eigenvalue weighted by Crippen LogP contribution is 2.30. The highest BCUT2D eigenvalue weighted by atomic mass is 16.5. The smallest absolute Gasteiger partial charge is 0.131 e. The Morgan fingerprint density at radius 3 is 2.44 bits per heavy atom. The maximum atomic E-state index is 5.39. The lowest BCUT2D eigenvalue weighted by atomic mass is 10.1. The van der Waals surface area contributed by atoms with Crippen molar-refractivity contribution in [3.8, 4) is 17.0 Å². The highest BCUT2D eigenvalue weighted by Gasteiger charge is 2.09. The summed E-state index contributed by atoms with van der Waals surface area (Å²) in [5, 5.41) is 8.22. The number of ether oxygens (including phenoxy) is 1. The Labute approximate surface area is 95.1 Å². The number of methoxy groups -OCH3 is 1. The zero-order valence-electron chi connectivity index (χ0n) is 9.69. The first-order valence-electron chi connectivity index (χ1n) is 5.16. The Morgan fingerprint density at radius 2 is 1.81 bits per heavy atom. The number of hydrogen-bond acceptors (Lipinski definition) is 3. The molecule has 1 aromatic carbocycles. The number of para-hydroxylation sites is 1. The molecular weight excluding hydrogens is 200 g/mol. The molecule has 0 saturated heterocycles. The van der Waals surface area contributed by atoms with Crippen molar-refractivity contribution < 1.29 is 4.74 Å². The van der Waals surface area contributed by atoms with Crippen molar-refractivity contribution in [2.45, 2.75) is 13.8 Å². The molecule has 0 fully saturated rings. The summed E-state index contributed by atoms with van der Waals surface area (Å²) in [4.78, 5) is 0. The third kappa shape index (κ3) is 1.89. The predicted molar refractivity (Wildman–Crippen MR) is 63.5 cm³/mol. The number of benzene rings is 1. The normalized spacial score (nSPS) is 10.2. The summed E-state index contributed by atoms with van der Waals surface area (Å²) in [7, 11) is 1.67. The number of aromatic nitrogens is 2. The van der Waals surface area contributed by atoms with Gasteiger partial charge in [0.2, 0.25) is 0 Å². The van der Waals surface area contributed by atoms with Crippen molar-refractivity contribution in [2.75, 3.05) is 7.11 Å². The van der Waals surface area contributed by atoms with Gasteiger partial charge in [0.05, 0.1) is 18.5 Å². The summed E-state index contributed by atoms with van der Waals surface area (Å²) >= 11 is 0. The van der Waals surface area contributed by atoms with Gasteiger partial charge in [-0.05, 0) is 37.6 Å². The Kier molecular flexibility index (Phi) is 2.86. The van der Waals surface area contributed by atoms with Crippen LogP contribution in [0.25, 0.3) is 11.3 Å². The first-order chi connectivity index (χ1) is 7.72. The van der Waals surface area contributed by atoms with Crippen LogP contribution in [0.4, 0.5) is 0 Å². The fraction of sp³-hybridized carbons (Fsp3) is 0.231. The van der Waals surface area contributed by atoms with Gasteiger partial charge in [0.1, 0.15) is 5.75 Å². The fourth-order valence-electron chi connectivity index (χ4n) is 1.67. The zero-order valence-corrected chi connectivity index (χ0v) is 9.69. The van der Waals surface area contributed by atoms with Gasteiger partial charge in [-0.15, -0.1) is 0 Å². The van der Waals surface area contributed by atoms with E-state index in [2.05, 4.69) is 10.2 Å². The lowest BCUT2D eigenvalue weighted by molar-refractivity contribution is 0.413. The molecule has 0 aliphatic carbocycles. The van der Waals surface area contributed by atoms with Crippen molar-refractivity contribution in [1.82, 2.24) is 10.2 Å². The molecule has 82 valence electrons. The van der Waals surface area contributed by atoms with Gasteiger partial charge in [0.15, 0.2) is 0 Å². The number of hydrogen-bond donors (Lipinski definition) is 0. The van der Waals surface area contributed by atoms with E-state index in [9.17, 15) is 0 Å². The van der Waals surface area contributed by atoms with Crippen LogP contribution in [0.15, 0.2) is 30.3 Å². The van der Waals surface area contributed by atoms with Gasteiger partial charge >= 0.3 is 0 Å². The molecule has 0 unspecified atom stereocenters. The molecule has 2 rings (SSSR count). The molecule has 0 radical (unpaired) electrons. The molecule has 2 aromatic rings. The van der Waals surface area contributed by atoms with Crippen LogP contribution in [0.2, 0.25) is 0 Å². The number of aryl methyl sites for hydroxylation is 2. The Bertz CT molecular complexity index is 492. The second-order valence-electron chi connectivity index (χ2n) is 3.72. The van der Waals surface area contributed by atoms with E-state index in [1.54, 1.807) is 7.11 Å². The SMILES string of the molecule is COc1c(C)cccc1-c1ccc(C)nn1. The first-order valence-corrected chi connectivity index (χ1v) is 5.16. The lowest BCUT2D eigenvalue weighted by Crippen LogP contribution is -1.94. The number of nitrogens with zero attached hydrogens (tertiary/aromatic N) is 2. The van der Waals surface area contributed by atoms with Crippen LogP contribution >= 0.6 is 0 Å². The quantitative estimate of drug-likeness (QED) is 0.771. The molecule has 0 bridgehead atoms. The average molecular weight is 214 g/mol. The second kappa shape index (κ2) is 4.31. The maximum absolute atomic E-state index is 5.39. The Morgan fingerprint density at radius 1 is 1.00 bits per heavy atom. The van der Waals surface area contributed by atoms with Crippen LogP contribution in [0, 0.1) is 13.8 Å². The van der Waals surface area contributed by atoms with Crippen molar-refractivity contribution in [3.05, 3.63) is 41.6 Å². The van der Waals surface area contributed by atoms with Gasteiger partial charge in [-0.25, -0.2) is 0 Å². The second-order valence-corrected chi connectivity index (χ2v) is 3.72. The minimum atomic E-state index is 0.839. The molecule has 0 amide bonds. The summed E-state index contributed by atoms with van der Waals surface area (Å²) in [6.45, 7) is 3.94. The minimum absolute atomic E-state index is 0.839.